The third-order valence-corrected chi connectivity index (χ3v) is 3.74. The quantitative estimate of drug-likeness (QED) is 0.921. The van der Waals surface area contributed by atoms with Crippen molar-refractivity contribution in [1.82, 2.24) is 15.2 Å². The molecule has 0 saturated carbocycles. The van der Waals surface area contributed by atoms with Gasteiger partial charge in [-0.15, -0.1) is 24.8 Å². The molecule has 1 N–H and O–H groups in total. The van der Waals surface area contributed by atoms with Gasteiger partial charge in [-0.25, -0.2) is 0 Å². The zero-order chi connectivity index (χ0) is 13.5. The SMILES string of the molecule is CCN(Cc1ccncc1)C(=O)C1CCCNCC1.Cl.Cl. The maximum Gasteiger partial charge on any atom is 0.226 e. The molecule has 0 aromatic carbocycles. The number of nitrogens with one attached hydrogen (secondary N) is 1. The van der Waals surface area contributed by atoms with Crippen LogP contribution in [0.4, 0.5) is 0 Å². The average molecular weight is 334 g/mol. The lowest BCUT2D eigenvalue weighted by Crippen LogP contribution is -2.36. The largest absolute Gasteiger partial charge is 0.338 e. The first-order valence-electron chi connectivity index (χ1n) is 7.19. The summed E-state index contributed by atoms with van der Waals surface area (Å²) in [4.78, 5) is 18.5. The van der Waals surface area contributed by atoms with Crippen LogP contribution >= 0.6 is 24.8 Å². The molecule has 1 aliphatic heterocycles. The van der Waals surface area contributed by atoms with Crippen LogP contribution in [0.25, 0.3) is 0 Å². The van der Waals surface area contributed by atoms with E-state index in [-0.39, 0.29) is 30.7 Å². The van der Waals surface area contributed by atoms with Crippen LogP contribution in [0, 0.1) is 5.92 Å². The van der Waals surface area contributed by atoms with Crippen LogP contribution in [0.3, 0.4) is 0 Å². The number of halogens is 2. The van der Waals surface area contributed by atoms with Crippen LogP contribution in [0.15, 0.2) is 24.5 Å². The van der Waals surface area contributed by atoms with E-state index in [1.165, 1.54) is 0 Å². The van der Waals surface area contributed by atoms with E-state index >= 15 is 0 Å². The van der Waals surface area contributed by atoms with Crippen molar-refractivity contribution < 1.29 is 4.79 Å². The molecule has 1 aromatic heterocycles. The standard InChI is InChI=1S/C15H23N3O.2ClH/c1-2-18(12-13-5-9-17-10-6-13)15(19)14-4-3-8-16-11-7-14;;/h5-6,9-10,14,16H,2-4,7-8,11-12H2,1H3;2*1H. The molecule has 2 rings (SSSR count). The summed E-state index contributed by atoms with van der Waals surface area (Å²) in [6, 6.07) is 3.95. The van der Waals surface area contributed by atoms with Crippen LogP contribution in [-0.4, -0.2) is 35.4 Å². The minimum absolute atomic E-state index is 0. The monoisotopic (exact) mass is 333 g/mol. The van der Waals surface area contributed by atoms with Crippen molar-refractivity contribution >= 4 is 30.7 Å². The van der Waals surface area contributed by atoms with Gasteiger partial charge in [0.1, 0.15) is 0 Å². The minimum Gasteiger partial charge on any atom is -0.338 e. The first kappa shape index (κ1) is 20.2. The number of aromatic nitrogens is 1. The smallest absolute Gasteiger partial charge is 0.226 e. The molecular formula is C15H25Cl2N3O. The molecule has 1 amide bonds. The fourth-order valence-electron chi connectivity index (χ4n) is 2.58. The van der Waals surface area contributed by atoms with E-state index in [0.717, 1.165) is 44.5 Å². The van der Waals surface area contributed by atoms with Gasteiger partial charge in [-0.3, -0.25) is 9.78 Å². The zero-order valence-electron chi connectivity index (χ0n) is 12.5. The maximum atomic E-state index is 12.6. The second-order valence-electron chi connectivity index (χ2n) is 5.09. The van der Waals surface area contributed by atoms with Gasteiger partial charge in [-0.2, -0.15) is 0 Å². The van der Waals surface area contributed by atoms with Crippen LogP contribution in [0.5, 0.6) is 0 Å². The number of rotatable bonds is 4. The molecule has 1 saturated heterocycles. The molecule has 0 aliphatic carbocycles. The molecule has 1 atom stereocenters. The third kappa shape index (κ3) is 6.20. The second kappa shape index (κ2) is 10.8. The fourth-order valence-corrected chi connectivity index (χ4v) is 2.58. The van der Waals surface area contributed by atoms with Gasteiger partial charge in [0.25, 0.3) is 0 Å². The predicted molar refractivity (Wildman–Crippen MR) is 90.0 cm³/mol. The van der Waals surface area contributed by atoms with Gasteiger partial charge < -0.3 is 10.2 Å². The van der Waals surface area contributed by atoms with Gasteiger partial charge in [0.05, 0.1) is 0 Å². The van der Waals surface area contributed by atoms with Crippen molar-refractivity contribution in [2.75, 3.05) is 19.6 Å². The van der Waals surface area contributed by atoms with E-state index in [9.17, 15) is 4.79 Å². The zero-order valence-corrected chi connectivity index (χ0v) is 14.1. The van der Waals surface area contributed by atoms with E-state index < -0.39 is 0 Å². The lowest BCUT2D eigenvalue weighted by atomic mass is 9.98. The van der Waals surface area contributed by atoms with Crippen molar-refractivity contribution in [1.29, 1.82) is 0 Å². The Hall–Kier alpha value is -0.840. The van der Waals surface area contributed by atoms with Crippen LogP contribution in [0.2, 0.25) is 0 Å². The Balaban J connectivity index is 0.00000200. The van der Waals surface area contributed by atoms with Crippen molar-refractivity contribution in [3.05, 3.63) is 30.1 Å². The second-order valence-corrected chi connectivity index (χ2v) is 5.09. The summed E-state index contributed by atoms with van der Waals surface area (Å²) < 4.78 is 0. The van der Waals surface area contributed by atoms with Gasteiger partial charge in [-0.1, -0.05) is 0 Å². The Kier molecular flexibility index (Phi) is 10.4. The van der Waals surface area contributed by atoms with Crippen molar-refractivity contribution in [3.63, 3.8) is 0 Å². The molecule has 1 fully saturated rings. The van der Waals surface area contributed by atoms with Crippen LogP contribution < -0.4 is 5.32 Å². The summed E-state index contributed by atoms with van der Waals surface area (Å²) in [5, 5.41) is 3.36. The molecule has 21 heavy (non-hydrogen) atoms. The number of carbonyl (C=O) groups is 1. The van der Waals surface area contributed by atoms with Crippen molar-refractivity contribution in [2.45, 2.75) is 32.7 Å². The number of amides is 1. The van der Waals surface area contributed by atoms with Crippen molar-refractivity contribution in [3.8, 4) is 0 Å². The summed E-state index contributed by atoms with van der Waals surface area (Å²) >= 11 is 0. The predicted octanol–water partition coefficient (Wildman–Crippen LogP) is 2.66. The maximum absolute atomic E-state index is 12.6. The number of hydrogen-bond acceptors (Lipinski definition) is 3. The first-order chi connectivity index (χ1) is 9.31. The van der Waals surface area contributed by atoms with Gasteiger partial charge >= 0.3 is 0 Å². The van der Waals surface area contributed by atoms with Crippen LogP contribution in [0.1, 0.15) is 31.7 Å². The normalized spacial score (nSPS) is 17.9. The molecule has 4 nitrogen and oxygen atoms in total. The number of carbonyl (C=O) groups excluding carboxylic acids is 1. The highest BCUT2D eigenvalue weighted by molar-refractivity contribution is 5.85. The Morgan fingerprint density at radius 1 is 1.29 bits per heavy atom. The first-order valence-corrected chi connectivity index (χ1v) is 7.19. The summed E-state index contributed by atoms with van der Waals surface area (Å²) in [7, 11) is 0. The molecule has 2 heterocycles. The Labute approximate surface area is 139 Å². The topological polar surface area (TPSA) is 45.2 Å². The van der Waals surface area contributed by atoms with E-state index in [2.05, 4.69) is 10.3 Å². The third-order valence-electron chi connectivity index (χ3n) is 3.74. The lowest BCUT2D eigenvalue weighted by molar-refractivity contribution is -0.136. The van der Waals surface area contributed by atoms with E-state index in [1.54, 1.807) is 12.4 Å². The van der Waals surface area contributed by atoms with E-state index in [0.29, 0.717) is 12.5 Å². The fraction of sp³-hybridized carbons (Fsp3) is 0.600. The van der Waals surface area contributed by atoms with Gasteiger partial charge in [-0.05, 0) is 57.0 Å². The molecule has 120 valence electrons. The molecular weight excluding hydrogens is 309 g/mol. The highest BCUT2D eigenvalue weighted by atomic mass is 35.5. The molecule has 0 bridgehead atoms. The lowest BCUT2D eigenvalue weighted by Gasteiger charge is -2.25. The highest BCUT2D eigenvalue weighted by Gasteiger charge is 2.24. The Morgan fingerprint density at radius 2 is 2.00 bits per heavy atom. The number of pyridine rings is 1. The number of hydrogen-bond donors (Lipinski definition) is 1. The van der Waals surface area contributed by atoms with Gasteiger partial charge in [0.15, 0.2) is 0 Å². The molecule has 1 aromatic rings. The molecule has 0 spiro atoms. The molecule has 1 aliphatic rings. The number of nitrogens with zero attached hydrogens (tertiary/aromatic N) is 2. The van der Waals surface area contributed by atoms with E-state index in [4.69, 9.17) is 0 Å². The van der Waals surface area contributed by atoms with E-state index in [1.807, 2.05) is 24.0 Å². The summed E-state index contributed by atoms with van der Waals surface area (Å²) in [6.45, 7) is 5.52. The summed E-state index contributed by atoms with van der Waals surface area (Å²) in [5.74, 6) is 0.500. The van der Waals surface area contributed by atoms with Crippen molar-refractivity contribution in [2.24, 2.45) is 5.92 Å². The average Bonchev–Trinajstić information content (AvgIpc) is 2.74. The van der Waals surface area contributed by atoms with Crippen LogP contribution in [-0.2, 0) is 11.3 Å². The Bertz CT molecular complexity index is 395. The summed E-state index contributed by atoms with van der Waals surface area (Å²) in [5.41, 5.74) is 1.15. The molecule has 6 heteroatoms. The molecule has 0 radical (unpaired) electrons. The van der Waals surface area contributed by atoms with Gasteiger partial charge in [0.2, 0.25) is 5.91 Å². The highest BCUT2D eigenvalue weighted by Crippen LogP contribution is 2.18. The summed E-state index contributed by atoms with van der Waals surface area (Å²) in [6.07, 6.45) is 6.64. The minimum atomic E-state index is 0. The van der Waals surface area contributed by atoms with Gasteiger partial charge in [0, 0.05) is 31.4 Å². The molecule has 1 unspecified atom stereocenters. The Morgan fingerprint density at radius 3 is 2.67 bits per heavy atom.